The molecular formula is C9H12F2N4O. The molecule has 1 aromatic heterocycles. The van der Waals surface area contributed by atoms with Crippen molar-refractivity contribution in [1.82, 2.24) is 15.0 Å². The molecule has 0 saturated carbocycles. The van der Waals surface area contributed by atoms with Gasteiger partial charge in [0, 0.05) is 6.54 Å². The lowest BCUT2D eigenvalue weighted by atomic mass is 10.2. The molecule has 0 saturated heterocycles. The SMILES string of the molecule is CC(O)CCn1nnc(CC#N)c1C(F)F. The number of nitrogens with zero attached hydrogens (tertiary/aromatic N) is 4. The van der Waals surface area contributed by atoms with Crippen molar-refractivity contribution in [3.63, 3.8) is 0 Å². The van der Waals surface area contributed by atoms with E-state index in [1.165, 1.54) is 0 Å². The Balaban J connectivity index is 2.88. The normalized spacial score (nSPS) is 12.8. The summed E-state index contributed by atoms with van der Waals surface area (Å²) >= 11 is 0. The number of halogens is 2. The second-order valence-corrected chi connectivity index (χ2v) is 3.42. The van der Waals surface area contributed by atoms with Crippen molar-refractivity contribution < 1.29 is 13.9 Å². The minimum absolute atomic E-state index is 0.00286. The molecule has 0 aliphatic rings. The molecule has 88 valence electrons. The van der Waals surface area contributed by atoms with Crippen molar-refractivity contribution in [1.29, 1.82) is 5.26 Å². The van der Waals surface area contributed by atoms with Gasteiger partial charge < -0.3 is 5.11 Å². The van der Waals surface area contributed by atoms with Gasteiger partial charge >= 0.3 is 0 Å². The van der Waals surface area contributed by atoms with Crippen LogP contribution in [0.3, 0.4) is 0 Å². The highest BCUT2D eigenvalue weighted by Crippen LogP contribution is 2.21. The lowest BCUT2D eigenvalue weighted by Gasteiger charge is -2.07. The summed E-state index contributed by atoms with van der Waals surface area (Å²) in [7, 11) is 0. The van der Waals surface area contributed by atoms with Crippen LogP contribution in [0, 0.1) is 11.3 Å². The predicted octanol–water partition coefficient (Wildman–Crippen LogP) is 1.05. The maximum Gasteiger partial charge on any atom is 0.281 e. The molecule has 1 aromatic rings. The van der Waals surface area contributed by atoms with Crippen LogP contribution in [0.5, 0.6) is 0 Å². The Morgan fingerprint density at radius 2 is 2.25 bits per heavy atom. The molecule has 1 N–H and O–H groups in total. The Kier molecular flexibility index (Phi) is 4.31. The van der Waals surface area contributed by atoms with Crippen LogP contribution >= 0.6 is 0 Å². The van der Waals surface area contributed by atoms with Gasteiger partial charge in [0.2, 0.25) is 0 Å². The number of aliphatic hydroxyl groups is 1. The van der Waals surface area contributed by atoms with Crippen molar-refractivity contribution in [2.45, 2.75) is 38.8 Å². The topological polar surface area (TPSA) is 74.7 Å². The van der Waals surface area contributed by atoms with E-state index in [0.717, 1.165) is 4.68 Å². The molecule has 0 fully saturated rings. The maximum atomic E-state index is 12.7. The van der Waals surface area contributed by atoms with Gasteiger partial charge in [-0.15, -0.1) is 5.10 Å². The number of alkyl halides is 2. The van der Waals surface area contributed by atoms with E-state index >= 15 is 0 Å². The maximum absolute atomic E-state index is 12.7. The fourth-order valence-electron chi connectivity index (χ4n) is 1.27. The van der Waals surface area contributed by atoms with E-state index in [4.69, 9.17) is 10.4 Å². The van der Waals surface area contributed by atoms with Crippen molar-refractivity contribution in [3.05, 3.63) is 11.4 Å². The Morgan fingerprint density at radius 3 is 2.75 bits per heavy atom. The van der Waals surface area contributed by atoms with Crippen LogP contribution in [0.25, 0.3) is 0 Å². The Hall–Kier alpha value is -1.55. The molecule has 0 aliphatic heterocycles. The van der Waals surface area contributed by atoms with E-state index in [2.05, 4.69) is 10.3 Å². The first-order chi connectivity index (χ1) is 7.56. The molecule has 1 unspecified atom stereocenters. The largest absolute Gasteiger partial charge is 0.393 e. The second kappa shape index (κ2) is 5.51. The Bertz CT molecular complexity index is 383. The summed E-state index contributed by atoms with van der Waals surface area (Å²) < 4.78 is 26.4. The first kappa shape index (κ1) is 12.5. The van der Waals surface area contributed by atoms with Crippen LogP contribution in [-0.4, -0.2) is 26.2 Å². The standard InChI is InChI=1S/C9H12F2N4O/c1-6(16)3-5-15-8(9(10)11)7(2-4-12)13-14-15/h6,9,16H,2-3,5H2,1H3. The minimum Gasteiger partial charge on any atom is -0.393 e. The molecule has 16 heavy (non-hydrogen) atoms. The smallest absolute Gasteiger partial charge is 0.281 e. The summed E-state index contributed by atoms with van der Waals surface area (Å²) in [4.78, 5) is 0. The summed E-state index contributed by atoms with van der Waals surface area (Å²) in [6.07, 6.45) is -3.18. The summed E-state index contributed by atoms with van der Waals surface area (Å²) in [6, 6.07) is 1.76. The van der Waals surface area contributed by atoms with Crippen LogP contribution in [0.2, 0.25) is 0 Å². The highest BCUT2D eigenvalue weighted by Gasteiger charge is 2.21. The molecule has 0 aliphatic carbocycles. The molecular weight excluding hydrogens is 218 g/mol. The van der Waals surface area contributed by atoms with E-state index in [1.807, 2.05) is 0 Å². The summed E-state index contributed by atoms with van der Waals surface area (Å²) in [6.45, 7) is 1.73. The van der Waals surface area contributed by atoms with E-state index in [0.29, 0.717) is 6.42 Å². The molecule has 1 atom stereocenters. The van der Waals surface area contributed by atoms with Gasteiger partial charge in [0.25, 0.3) is 6.43 Å². The van der Waals surface area contributed by atoms with Crippen LogP contribution in [0.1, 0.15) is 31.2 Å². The fourth-order valence-corrected chi connectivity index (χ4v) is 1.27. The van der Waals surface area contributed by atoms with Crippen molar-refractivity contribution >= 4 is 0 Å². The number of aromatic nitrogens is 3. The summed E-state index contributed by atoms with van der Waals surface area (Å²) in [5.41, 5.74) is -0.328. The first-order valence-electron chi connectivity index (χ1n) is 4.81. The molecule has 1 heterocycles. The predicted molar refractivity (Wildman–Crippen MR) is 50.6 cm³/mol. The molecule has 1 rings (SSSR count). The van der Waals surface area contributed by atoms with Gasteiger partial charge in [0.15, 0.2) is 0 Å². The molecule has 0 amide bonds. The van der Waals surface area contributed by atoms with E-state index in [-0.39, 0.29) is 24.4 Å². The summed E-state index contributed by atoms with van der Waals surface area (Å²) in [5.74, 6) is 0. The number of aryl methyl sites for hydroxylation is 1. The molecule has 7 heteroatoms. The van der Waals surface area contributed by atoms with Crippen molar-refractivity contribution in [2.75, 3.05) is 0 Å². The van der Waals surface area contributed by atoms with Crippen molar-refractivity contribution in [2.24, 2.45) is 0 Å². The van der Waals surface area contributed by atoms with Crippen LogP contribution in [0.4, 0.5) is 8.78 Å². The third kappa shape index (κ3) is 2.97. The number of aliphatic hydroxyl groups excluding tert-OH is 1. The lowest BCUT2D eigenvalue weighted by Crippen LogP contribution is -2.11. The zero-order valence-corrected chi connectivity index (χ0v) is 8.77. The number of hydrogen-bond acceptors (Lipinski definition) is 4. The van der Waals surface area contributed by atoms with Crippen LogP contribution < -0.4 is 0 Å². The average Bonchev–Trinajstić information content (AvgIpc) is 2.58. The highest BCUT2D eigenvalue weighted by molar-refractivity contribution is 5.15. The lowest BCUT2D eigenvalue weighted by molar-refractivity contribution is 0.133. The third-order valence-corrected chi connectivity index (χ3v) is 2.06. The molecule has 0 aromatic carbocycles. The van der Waals surface area contributed by atoms with E-state index < -0.39 is 12.5 Å². The van der Waals surface area contributed by atoms with Gasteiger partial charge in [-0.1, -0.05) is 5.21 Å². The van der Waals surface area contributed by atoms with Gasteiger partial charge in [-0.2, -0.15) is 5.26 Å². The number of nitriles is 1. The zero-order chi connectivity index (χ0) is 12.1. The Labute approximate surface area is 91.3 Å². The number of hydrogen-bond donors (Lipinski definition) is 1. The van der Waals surface area contributed by atoms with E-state index in [1.54, 1.807) is 13.0 Å². The number of rotatable bonds is 5. The average molecular weight is 230 g/mol. The molecule has 0 radical (unpaired) electrons. The van der Waals surface area contributed by atoms with Crippen molar-refractivity contribution in [3.8, 4) is 6.07 Å². The molecule has 0 spiro atoms. The van der Waals surface area contributed by atoms with E-state index in [9.17, 15) is 8.78 Å². The zero-order valence-electron chi connectivity index (χ0n) is 8.77. The Morgan fingerprint density at radius 1 is 1.56 bits per heavy atom. The quantitative estimate of drug-likeness (QED) is 0.820. The van der Waals surface area contributed by atoms with Crippen LogP contribution in [0.15, 0.2) is 0 Å². The third-order valence-electron chi connectivity index (χ3n) is 2.06. The minimum atomic E-state index is -2.72. The monoisotopic (exact) mass is 230 g/mol. The van der Waals surface area contributed by atoms with Gasteiger partial charge in [-0.05, 0) is 13.3 Å². The highest BCUT2D eigenvalue weighted by atomic mass is 19.3. The van der Waals surface area contributed by atoms with Gasteiger partial charge in [0.05, 0.1) is 18.6 Å². The fraction of sp³-hybridized carbons (Fsp3) is 0.667. The molecule has 0 bridgehead atoms. The van der Waals surface area contributed by atoms with Gasteiger partial charge in [0.1, 0.15) is 11.4 Å². The van der Waals surface area contributed by atoms with Gasteiger partial charge in [-0.25, -0.2) is 13.5 Å². The summed E-state index contributed by atoms with van der Waals surface area (Å²) in [5, 5.41) is 24.6. The van der Waals surface area contributed by atoms with Gasteiger partial charge in [-0.3, -0.25) is 0 Å². The first-order valence-corrected chi connectivity index (χ1v) is 4.81. The molecule has 5 nitrogen and oxygen atoms in total. The van der Waals surface area contributed by atoms with Crippen LogP contribution in [-0.2, 0) is 13.0 Å². The second-order valence-electron chi connectivity index (χ2n) is 3.42.